The van der Waals surface area contributed by atoms with Crippen LogP contribution < -0.4 is 4.74 Å². The van der Waals surface area contributed by atoms with Crippen LogP contribution in [0.1, 0.15) is 55.5 Å². The van der Waals surface area contributed by atoms with Crippen LogP contribution in [0.3, 0.4) is 0 Å². The number of fused-ring (bicyclic) bond motifs is 3. The van der Waals surface area contributed by atoms with Crippen LogP contribution >= 0.6 is 0 Å². The zero-order chi connectivity index (χ0) is 16.3. The quantitative estimate of drug-likeness (QED) is 0.726. The zero-order valence-electron chi connectivity index (χ0n) is 14.2. The van der Waals surface area contributed by atoms with Gasteiger partial charge in [-0.05, 0) is 74.1 Å². The first kappa shape index (κ1) is 14.6. The predicted molar refractivity (Wildman–Crippen MR) is 92.3 cm³/mol. The molecule has 1 heterocycles. The number of carbonyl (C=O) groups excluding carboxylic acids is 1. The van der Waals surface area contributed by atoms with E-state index in [0.717, 1.165) is 53.7 Å². The molecule has 2 aromatic rings. The van der Waals surface area contributed by atoms with Crippen LogP contribution in [-0.2, 0) is 0 Å². The Balaban J connectivity index is 1.53. The molecule has 3 aliphatic rings. The Labute approximate surface area is 142 Å². The maximum Gasteiger partial charge on any atom is 0.204 e. The Morgan fingerprint density at radius 2 is 2.08 bits per heavy atom. The molecule has 126 valence electrons. The van der Waals surface area contributed by atoms with E-state index in [2.05, 4.69) is 0 Å². The van der Waals surface area contributed by atoms with E-state index in [-0.39, 0.29) is 11.2 Å². The first-order valence-corrected chi connectivity index (χ1v) is 9.29. The highest BCUT2D eigenvalue weighted by atomic mass is 16.5. The minimum atomic E-state index is -0.156. The topological polar surface area (TPSA) is 39.4 Å². The van der Waals surface area contributed by atoms with E-state index in [9.17, 15) is 4.79 Å². The monoisotopic (exact) mass is 324 g/mol. The molecule has 3 heteroatoms. The molecule has 4 unspecified atom stereocenters. The van der Waals surface area contributed by atoms with Crippen molar-refractivity contribution < 1.29 is 13.9 Å². The predicted octanol–water partition coefficient (Wildman–Crippen LogP) is 5.23. The fraction of sp³-hybridized carbons (Fsp3) is 0.571. The largest absolute Gasteiger partial charge is 0.497 e. The molecule has 3 nitrogen and oxygen atoms in total. The smallest absolute Gasteiger partial charge is 0.204 e. The van der Waals surface area contributed by atoms with E-state index in [1.807, 2.05) is 24.3 Å². The van der Waals surface area contributed by atoms with Crippen LogP contribution in [0.2, 0.25) is 0 Å². The number of rotatable bonds is 3. The van der Waals surface area contributed by atoms with Crippen LogP contribution in [0, 0.1) is 23.2 Å². The Kier molecular flexibility index (Phi) is 3.10. The molecule has 0 saturated heterocycles. The normalized spacial score (nSPS) is 34.5. The van der Waals surface area contributed by atoms with Crippen molar-refractivity contribution in [1.82, 2.24) is 0 Å². The lowest BCUT2D eigenvalue weighted by atomic mass is 9.64. The minimum absolute atomic E-state index is 0.156. The van der Waals surface area contributed by atoms with Crippen molar-refractivity contribution in [2.24, 2.45) is 23.2 Å². The number of hydrogen-bond acceptors (Lipinski definition) is 3. The Bertz CT molecular complexity index is 805. The van der Waals surface area contributed by atoms with Crippen molar-refractivity contribution in [1.29, 1.82) is 0 Å². The van der Waals surface area contributed by atoms with Gasteiger partial charge < -0.3 is 9.15 Å². The lowest BCUT2D eigenvalue weighted by Crippen LogP contribution is -2.36. The lowest BCUT2D eigenvalue weighted by molar-refractivity contribution is 0.0582. The summed E-state index contributed by atoms with van der Waals surface area (Å²) in [6, 6.07) is 7.65. The average molecular weight is 324 g/mol. The third kappa shape index (κ3) is 2.06. The molecular weight excluding hydrogens is 300 g/mol. The molecule has 0 radical (unpaired) electrons. The van der Waals surface area contributed by atoms with Gasteiger partial charge in [-0.2, -0.15) is 0 Å². The summed E-state index contributed by atoms with van der Waals surface area (Å²) >= 11 is 0. The van der Waals surface area contributed by atoms with Gasteiger partial charge in [0.25, 0.3) is 0 Å². The van der Waals surface area contributed by atoms with Crippen LogP contribution in [0.5, 0.6) is 5.75 Å². The van der Waals surface area contributed by atoms with E-state index in [1.54, 1.807) is 7.11 Å². The van der Waals surface area contributed by atoms with Crippen molar-refractivity contribution in [3.05, 3.63) is 30.0 Å². The molecule has 1 aromatic carbocycles. The van der Waals surface area contributed by atoms with Gasteiger partial charge in [0.15, 0.2) is 5.76 Å². The molecule has 0 aliphatic heterocycles. The highest BCUT2D eigenvalue weighted by Gasteiger charge is 2.53. The molecule has 5 rings (SSSR count). The number of furan rings is 1. The second-order valence-electron chi connectivity index (χ2n) is 8.28. The molecular formula is C21H24O3. The van der Waals surface area contributed by atoms with Gasteiger partial charge in [0.2, 0.25) is 5.78 Å². The lowest BCUT2D eigenvalue weighted by Gasteiger charge is -2.38. The van der Waals surface area contributed by atoms with Crippen molar-refractivity contribution in [2.45, 2.75) is 44.9 Å². The van der Waals surface area contributed by atoms with Gasteiger partial charge in [-0.15, -0.1) is 0 Å². The fourth-order valence-electron chi connectivity index (χ4n) is 5.97. The van der Waals surface area contributed by atoms with Crippen LogP contribution in [0.15, 0.2) is 28.7 Å². The molecule has 3 fully saturated rings. The minimum Gasteiger partial charge on any atom is -0.497 e. The summed E-state index contributed by atoms with van der Waals surface area (Å²) in [7, 11) is 1.66. The SMILES string of the molecule is COc1ccc2oc(C(=O)C34CCCC5CC(CC5C3)C4)cc2c1. The van der Waals surface area contributed by atoms with Gasteiger partial charge in [-0.1, -0.05) is 12.8 Å². The Hall–Kier alpha value is -1.77. The van der Waals surface area contributed by atoms with Gasteiger partial charge in [-0.3, -0.25) is 4.79 Å². The van der Waals surface area contributed by atoms with E-state index in [1.165, 1.54) is 25.7 Å². The first-order valence-electron chi connectivity index (χ1n) is 9.29. The second kappa shape index (κ2) is 5.11. The number of methoxy groups -OCH3 is 1. The van der Waals surface area contributed by atoms with Gasteiger partial charge in [0.05, 0.1) is 7.11 Å². The summed E-state index contributed by atoms with van der Waals surface area (Å²) in [5.41, 5.74) is 0.623. The van der Waals surface area contributed by atoms with E-state index in [4.69, 9.17) is 9.15 Å². The molecule has 3 bridgehead atoms. The zero-order valence-corrected chi connectivity index (χ0v) is 14.2. The summed E-state index contributed by atoms with van der Waals surface area (Å²) in [6.45, 7) is 0. The summed E-state index contributed by atoms with van der Waals surface area (Å²) < 4.78 is 11.2. The highest BCUT2D eigenvalue weighted by Crippen LogP contribution is 2.59. The van der Waals surface area contributed by atoms with Gasteiger partial charge in [0.1, 0.15) is 11.3 Å². The molecule has 0 amide bonds. The van der Waals surface area contributed by atoms with Crippen molar-refractivity contribution in [3.8, 4) is 5.75 Å². The molecule has 1 aromatic heterocycles. The molecule has 3 saturated carbocycles. The van der Waals surface area contributed by atoms with E-state index < -0.39 is 0 Å². The summed E-state index contributed by atoms with van der Waals surface area (Å²) in [4.78, 5) is 13.4. The number of ketones is 1. The Morgan fingerprint density at radius 3 is 2.96 bits per heavy atom. The molecule has 0 N–H and O–H groups in total. The van der Waals surface area contributed by atoms with Crippen LogP contribution in [0.25, 0.3) is 11.0 Å². The molecule has 4 atom stereocenters. The number of carbonyl (C=O) groups is 1. The van der Waals surface area contributed by atoms with Gasteiger partial charge in [-0.25, -0.2) is 0 Å². The van der Waals surface area contributed by atoms with E-state index >= 15 is 0 Å². The average Bonchev–Trinajstić information content (AvgIpc) is 3.10. The van der Waals surface area contributed by atoms with Gasteiger partial charge in [0, 0.05) is 10.8 Å². The van der Waals surface area contributed by atoms with Crippen molar-refractivity contribution in [2.75, 3.05) is 7.11 Å². The maximum absolute atomic E-state index is 13.4. The number of ether oxygens (including phenoxy) is 1. The number of hydrogen-bond donors (Lipinski definition) is 0. The van der Waals surface area contributed by atoms with Crippen molar-refractivity contribution in [3.63, 3.8) is 0 Å². The standard InChI is InChI=1S/C21H24O3/c1-23-17-4-5-18-15(9-17)10-19(24-18)20(22)21-6-2-3-14-7-13(11-21)8-16(14)12-21/h4-5,9-10,13-14,16H,2-3,6-8,11-12H2,1H3. The summed E-state index contributed by atoms with van der Waals surface area (Å²) in [6.07, 6.45) is 8.47. The molecule has 24 heavy (non-hydrogen) atoms. The first-order chi connectivity index (χ1) is 11.7. The third-order valence-electron chi connectivity index (χ3n) is 6.93. The second-order valence-corrected chi connectivity index (χ2v) is 8.28. The van der Waals surface area contributed by atoms with Gasteiger partial charge >= 0.3 is 0 Å². The van der Waals surface area contributed by atoms with Crippen LogP contribution in [0.4, 0.5) is 0 Å². The summed E-state index contributed by atoms with van der Waals surface area (Å²) in [5.74, 6) is 4.04. The summed E-state index contributed by atoms with van der Waals surface area (Å²) in [5, 5.41) is 0.958. The van der Waals surface area contributed by atoms with Crippen molar-refractivity contribution >= 4 is 16.8 Å². The third-order valence-corrected chi connectivity index (χ3v) is 6.93. The highest BCUT2D eigenvalue weighted by molar-refractivity contribution is 6.01. The van der Waals surface area contributed by atoms with Crippen LogP contribution in [-0.4, -0.2) is 12.9 Å². The Morgan fingerprint density at radius 1 is 1.21 bits per heavy atom. The fourth-order valence-corrected chi connectivity index (χ4v) is 5.97. The van der Waals surface area contributed by atoms with E-state index in [0.29, 0.717) is 5.76 Å². The number of benzene rings is 1. The maximum atomic E-state index is 13.4. The molecule has 0 spiro atoms. The number of Topliss-reactive ketones (excluding diaryl/α,β-unsaturated/α-hetero) is 1. The molecule has 3 aliphatic carbocycles.